The summed E-state index contributed by atoms with van der Waals surface area (Å²) in [7, 11) is 1.41. The summed E-state index contributed by atoms with van der Waals surface area (Å²) >= 11 is 0. The molecule has 0 aromatic rings. The summed E-state index contributed by atoms with van der Waals surface area (Å²) in [6.07, 6.45) is 25.1. The van der Waals surface area contributed by atoms with Crippen molar-refractivity contribution in [1.82, 2.24) is 0 Å². The fraction of sp³-hybridized carbons (Fsp3) is 0.615. The van der Waals surface area contributed by atoms with Crippen molar-refractivity contribution in [2.75, 3.05) is 7.11 Å². The van der Waals surface area contributed by atoms with E-state index in [4.69, 9.17) is 4.74 Å². The normalized spacial score (nSPS) is 13.2. The second-order valence-electron chi connectivity index (χ2n) is 7.82. The maximum absolute atomic E-state index is 12.0. The van der Waals surface area contributed by atoms with Gasteiger partial charge >= 0.3 is 11.9 Å². The van der Waals surface area contributed by atoms with Crippen molar-refractivity contribution < 1.29 is 19.1 Å². The number of hydrogen-bond donors (Lipinski definition) is 0. The maximum Gasteiger partial charge on any atom is 0.306 e. The van der Waals surface area contributed by atoms with E-state index in [1.54, 1.807) is 0 Å². The Morgan fingerprint density at radius 3 is 2.30 bits per heavy atom. The van der Waals surface area contributed by atoms with Crippen molar-refractivity contribution in [3.8, 4) is 0 Å². The number of carbonyl (C=O) groups excluding carboxylic acids is 2. The molecule has 4 heteroatoms. The van der Waals surface area contributed by atoms with E-state index in [-0.39, 0.29) is 18.0 Å². The monoisotopic (exact) mass is 418 g/mol. The van der Waals surface area contributed by atoms with Crippen molar-refractivity contribution >= 4 is 11.9 Å². The molecule has 0 aliphatic heterocycles. The molecule has 0 aromatic heterocycles. The van der Waals surface area contributed by atoms with Crippen LogP contribution in [0.3, 0.4) is 0 Å². The Bertz CT molecular complexity index is 555. The Kier molecular flexibility index (Phi) is 18.8. The van der Waals surface area contributed by atoms with Gasteiger partial charge in [0.1, 0.15) is 6.10 Å². The van der Waals surface area contributed by atoms with E-state index >= 15 is 0 Å². The molecule has 0 aliphatic carbocycles. The average Bonchev–Trinajstić information content (AvgIpc) is 2.70. The number of rotatable bonds is 17. The first-order valence-corrected chi connectivity index (χ1v) is 11.4. The third-order valence-electron chi connectivity index (χ3n) is 4.36. The lowest BCUT2D eigenvalue weighted by molar-refractivity contribution is -0.147. The van der Waals surface area contributed by atoms with Crippen LogP contribution >= 0.6 is 0 Å². The second-order valence-corrected chi connectivity index (χ2v) is 7.82. The lowest BCUT2D eigenvalue weighted by atomic mass is 10.1. The Balaban J connectivity index is 4.36. The molecule has 0 rings (SSSR count). The number of allylic oxidation sites excluding steroid dienone is 6. The van der Waals surface area contributed by atoms with Crippen LogP contribution in [0, 0.1) is 5.92 Å². The van der Waals surface area contributed by atoms with Crippen LogP contribution in [-0.2, 0) is 19.1 Å². The van der Waals surface area contributed by atoms with Gasteiger partial charge in [-0.2, -0.15) is 0 Å². The average molecular weight is 419 g/mol. The molecule has 0 spiro atoms. The second kappa shape index (κ2) is 20.2. The van der Waals surface area contributed by atoms with Crippen LogP contribution in [0.1, 0.15) is 85.0 Å². The number of ether oxygens (including phenoxy) is 2. The molecule has 170 valence electrons. The van der Waals surface area contributed by atoms with Gasteiger partial charge in [-0.1, -0.05) is 76.1 Å². The third-order valence-corrected chi connectivity index (χ3v) is 4.36. The molecule has 1 atom stereocenters. The molecule has 0 amide bonds. The van der Waals surface area contributed by atoms with E-state index in [9.17, 15) is 9.59 Å². The van der Waals surface area contributed by atoms with Crippen molar-refractivity contribution in [2.24, 2.45) is 5.92 Å². The Morgan fingerprint density at radius 2 is 1.60 bits per heavy atom. The van der Waals surface area contributed by atoms with E-state index in [0.717, 1.165) is 25.7 Å². The van der Waals surface area contributed by atoms with Crippen molar-refractivity contribution in [2.45, 2.75) is 91.1 Å². The Morgan fingerprint density at radius 1 is 0.867 bits per heavy atom. The van der Waals surface area contributed by atoms with E-state index < -0.39 is 0 Å². The molecule has 0 saturated heterocycles. The van der Waals surface area contributed by atoms with Gasteiger partial charge in [0.25, 0.3) is 0 Å². The predicted molar refractivity (Wildman–Crippen MR) is 125 cm³/mol. The minimum Gasteiger partial charge on any atom is -0.469 e. The molecule has 0 aromatic carbocycles. The first-order chi connectivity index (χ1) is 14.5. The SMILES string of the molecule is CCCCC/C=C\C[C@H](/C=C/C=C/C/C=C\CCCC(=O)OC)OC(=O)CC(C)C. The molecule has 0 N–H and O–H groups in total. The van der Waals surface area contributed by atoms with Gasteiger partial charge in [0.15, 0.2) is 0 Å². The van der Waals surface area contributed by atoms with Gasteiger partial charge in [0.05, 0.1) is 7.11 Å². The van der Waals surface area contributed by atoms with E-state index in [0.29, 0.717) is 25.2 Å². The van der Waals surface area contributed by atoms with Gasteiger partial charge in [0.2, 0.25) is 0 Å². The summed E-state index contributed by atoms with van der Waals surface area (Å²) in [6, 6.07) is 0. The van der Waals surface area contributed by atoms with Crippen molar-refractivity contribution in [3.63, 3.8) is 0 Å². The van der Waals surface area contributed by atoms with Crippen LogP contribution in [0.4, 0.5) is 0 Å². The summed E-state index contributed by atoms with van der Waals surface area (Å²) in [5.74, 6) is -0.00296. The Labute approximate surface area is 184 Å². The lowest BCUT2D eigenvalue weighted by Crippen LogP contribution is -2.16. The highest BCUT2D eigenvalue weighted by Crippen LogP contribution is 2.09. The topological polar surface area (TPSA) is 52.6 Å². The maximum atomic E-state index is 12.0. The predicted octanol–water partition coefficient (Wildman–Crippen LogP) is 6.87. The molecule has 0 fully saturated rings. The molecule has 0 radical (unpaired) electrons. The van der Waals surface area contributed by atoms with Crippen LogP contribution in [0.5, 0.6) is 0 Å². The zero-order valence-electron chi connectivity index (χ0n) is 19.5. The summed E-state index contributed by atoms with van der Waals surface area (Å²) in [4.78, 5) is 23.0. The summed E-state index contributed by atoms with van der Waals surface area (Å²) < 4.78 is 10.2. The molecular weight excluding hydrogens is 376 g/mol. The van der Waals surface area contributed by atoms with Crippen LogP contribution in [0.2, 0.25) is 0 Å². The molecular formula is C26H42O4. The first-order valence-electron chi connectivity index (χ1n) is 11.4. The van der Waals surface area contributed by atoms with Crippen LogP contribution in [0.25, 0.3) is 0 Å². The van der Waals surface area contributed by atoms with Gasteiger partial charge < -0.3 is 9.47 Å². The zero-order valence-corrected chi connectivity index (χ0v) is 19.5. The highest BCUT2D eigenvalue weighted by molar-refractivity contribution is 5.70. The fourth-order valence-electron chi connectivity index (χ4n) is 2.68. The van der Waals surface area contributed by atoms with Crippen LogP contribution in [0.15, 0.2) is 48.6 Å². The highest BCUT2D eigenvalue weighted by atomic mass is 16.5. The van der Waals surface area contributed by atoms with Crippen molar-refractivity contribution in [1.29, 1.82) is 0 Å². The van der Waals surface area contributed by atoms with Gasteiger partial charge in [-0.15, -0.1) is 0 Å². The zero-order chi connectivity index (χ0) is 22.5. The summed E-state index contributed by atoms with van der Waals surface area (Å²) in [5, 5.41) is 0. The molecule has 30 heavy (non-hydrogen) atoms. The number of esters is 2. The standard InChI is InChI=1S/C26H42O4/c1-5-6-7-8-13-16-19-24(30-26(28)22-23(2)3)20-17-14-11-9-10-12-15-18-21-25(27)29-4/h10-14,16-17,20,23-24H,5-9,15,18-19,21-22H2,1-4H3/b12-10-,14-11+,16-13-,20-17+/t24-/m1/s1. The van der Waals surface area contributed by atoms with Gasteiger partial charge in [-0.25, -0.2) is 0 Å². The Hall–Kier alpha value is -2.10. The third kappa shape index (κ3) is 19.2. The van der Waals surface area contributed by atoms with Crippen LogP contribution in [-0.4, -0.2) is 25.2 Å². The number of carbonyl (C=O) groups is 2. The minimum absolute atomic E-state index is 0.141. The molecule has 4 nitrogen and oxygen atoms in total. The van der Waals surface area contributed by atoms with Crippen LogP contribution < -0.4 is 0 Å². The molecule has 0 bridgehead atoms. The quantitative estimate of drug-likeness (QED) is 0.112. The van der Waals surface area contributed by atoms with Gasteiger partial charge in [-0.05, 0) is 44.1 Å². The fourth-order valence-corrected chi connectivity index (χ4v) is 2.68. The molecule has 0 aliphatic rings. The van der Waals surface area contributed by atoms with Gasteiger partial charge in [0, 0.05) is 19.3 Å². The molecule has 0 saturated carbocycles. The lowest BCUT2D eigenvalue weighted by Gasteiger charge is -2.13. The summed E-state index contributed by atoms with van der Waals surface area (Å²) in [6.45, 7) is 6.24. The largest absolute Gasteiger partial charge is 0.469 e. The summed E-state index contributed by atoms with van der Waals surface area (Å²) in [5.41, 5.74) is 0. The number of unbranched alkanes of at least 4 members (excludes halogenated alkanes) is 4. The van der Waals surface area contributed by atoms with E-state index in [2.05, 4.69) is 42.0 Å². The number of hydrogen-bond acceptors (Lipinski definition) is 4. The van der Waals surface area contributed by atoms with Crippen molar-refractivity contribution in [3.05, 3.63) is 48.6 Å². The minimum atomic E-state index is -0.225. The highest BCUT2D eigenvalue weighted by Gasteiger charge is 2.11. The van der Waals surface area contributed by atoms with E-state index in [1.165, 1.54) is 26.4 Å². The molecule has 0 heterocycles. The van der Waals surface area contributed by atoms with Gasteiger partial charge in [-0.3, -0.25) is 9.59 Å². The van der Waals surface area contributed by atoms with E-state index in [1.807, 2.05) is 32.1 Å². The smallest absolute Gasteiger partial charge is 0.306 e. The number of methoxy groups -OCH3 is 1. The molecule has 0 unspecified atom stereocenters. The first kappa shape index (κ1) is 27.9.